The van der Waals surface area contributed by atoms with E-state index in [1.54, 1.807) is 0 Å². The van der Waals surface area contributed by atoms with E-state index < -0.39 is 6.10 Å². The van der Waals surface area contributed by atoms with Crippen molar-refractivity contribution >= 4 is 17.9 Å². The molecule has 0 aromatic heterocycles. The minimum Gasteiger partial charge on any atom is -0.462 e. The molecule has 0 amide bonds. The van der Waals surface area contributed by atoms with Gasteiger partial charge in [-0.1, -0.05) is 229 Å². The Morgan fingerprint density at radius 3 is 0.855 bits per heavy atom. The fourth-order valence-corrected chi connectivity index (χ4v) is 7.48. The highest BCUT2D eigenvalue weighted by atomic mass is 16.6. The largest absolute Gasteiger partial charge is 0.462 e. The summed E-state index contributed by atoms with van der Waals surface area (Å²) in [6.07, 6.45) is 92.2. The van der Waals surface area contributed by atoms with E-state index in [9.17, 15) is 14.4 Å². The quantitative estimate of drug-likeness (QED) is 0.0261. The normalized spacial score (nSPS) is 13.4. The molecule has 0 N–H and O–H groups in total. The van der Waals surface area contributed by atoms with Crippen molar-refractivity contribution in [2.45, 2.75) is 239 Å². The van der Waals surface area contributed by atoms with Crippen LogP contribution in [0.1, 0.15) is 233 Å². The lowest BCUT2D eigenvalue weighted by Crippen LogP contribution is -2.30. The SMILES string of the molecule is CC/C=C\C/C=C\C/C=C\C/C=C\C/C=C\C/C=C\C/C=C\C/C=C\C/C=C\C/C=C\CCCCC(=O)OCC(COC(=O)CCCCCCC/C=C\CCCCC)OC(=O)CCCCC/C=C\C/C=C\C/C=C\CC. The van der Waals surface area contributed by atoms with E-state index in [2.05, 4.69) is 191 Å². The molecule has 0 radical (unpaired) electrons. The van der Waals surface area contributed by atoms with E-state index in [1.165, 1.54) is 32.1 Å². The molecule has 6 nitrogen and oxygen atoms in total. The zero-order valence-electron chi connectivity index (χ0n) is 48.4. The molecule has 76 heavy (non-hydrogen) atoms. The third-order valence-electron chi connectivity index (χ3n) is 11.9. The summed E-state index contributed by atoms with van der Waals surface area (Å²) < 4.78 is 16.8. The average molecular weight is 1050 g/mol. The molecule has 424 valence electrons. The van der Waals surface area contributed by atoms with E-state index in [0.29, 0.717) is 19.3 Å². The van der Waals surface area contributed by atoms with Crippen LogP contribution in [0.2, 0.25) is 0 Å². The predicted molar refractivity (Wildman–Crippen MR) is 329 cm³/mol. The molecular formula is C70H108O6. The van der Waals surface area contributed by atoms with Crippen molar-refractivity contribution in [3.63, 3.8) is 0 Å². The number of ether oxygens (including phenoxy) is 3. The molecule has 0 saturated heterocycles. The lowest BCUT2D eigenvalue weighted by molar-refractivity contribution is -0.167. The number of allylic oxidation sites excluding steroid dienone is 28. The van der Waals surface area contributed by atoms with Gasteiger partial charge < -0.3 is 14.2 Å². The van der Waals surface area contributed by atoms with Crippen molar-refractivity contribution < 1.29 is 28.6 Å². The van der Waals surface area contributed by atoms with Gasteiger partial charge in [-0.3, -0.25) is 14.4 Å². The first-order chi connectivity index (χ1) is 37.5. The highest BCUT2D eigenvalue weighted by molar-refractivity contribution is 5.71. The topological polar surface area (TPSA) is 78.9 Å². The Balaban J connectivity index is 4.38. The van der Waals surface area contributed by atoms with Crippen molar-refractivity contribution in [1.82, 2.24) is 0 Å². The van der Waals surface area contributed by atoms with Crippen molar-refractivity contribution in [2.75, 3.05) is 13.2 Å². The zero-order chi connectivity index (χ0) is 55.0. The van der Waals surface area contributed by atoms with Crippen LogP contribution >= 0.6 is 0 Å². The van der Waals surface area contributed by atoms with E-state index in [-0.39, 0.29) is 44.0 Å². The second-order valence-electron chi connectivity index (χ2n) is 19.1. The first-order valence-corrected chi connectivity index (χ1v) is 30.1. The summed E-state index contributed by atoms with van der Waals surface area (Å²) in [5, 5.41) is 0. The standard InChI is InChI=1S/C70H108O6/c1-4-7-10-13-16-19-22-25-26-27-28-29-30-31-32-33-34-35-36-37-38-39-40-41-42-43-44-46-48-51-54-57-60-63-69(72)75-66-67(65-74-68(71)62-59-56-53-50-47-24-21-18-15-12-9-6-3)76-70(73)64-61-58-55-52-49-45-23-20-17-14-11-8-5-2/h7-8,10-11,16-21,25-26,28-29,31-32,34-35,37-38,40-41,43-45,48-49,51,67H,4-6,9,12-15,22-24,27,30,33,36,39,42,46-47,50,52-66H2,1-3H3/b10-7-,11-8-,19-16-,20-17-,21-18-,26-25-,29-28-,32-31-,35-34-,38-37-,41-40-,44-43-,49-45-,51-48-. The summed E-state index contributed by atoms with van der Waals surface area (Å²) >= 11 is 0. The summed E-state index contributed by atoms with van der Waals surface area (Å²) in [5.74, 6) is -1.01. The average Bonchev–Trinajstić information content (AvgIpc) is 3.42. The molecule has 0 aromatic rings. The maximum Gasteiger partial charge on any atom is 0.306 e. The number of unbranched alkanes of at least 4 members (excludes halogenated alkanes) is 13. The Kier molecular flexibility index (Phi) is 58.0. The molecule has 0 saturated carbocycles. The molecule has 0 aliphatic heterocycles. The zero-order valence-corrected chi connectivity index (χ0v) is 48.4. The van der Waals surface area contributed by atoms with E-state index >= 15 is 0 Å². The fraction of sp³-hybridized carbons (Fsp3) is 0.557. The van der Waals surface area contributed by atoms with Gasteiger partial charge in [-0.2, -0.15) is 0 Å². The van der Waals surface area contributed by atoms with Gasteiger partial charge in [0.05, 0.1) is 0 Å². The van der Waals surface area contributed by atoms with Gasteiger partial charge in [0.15, 0.2) is 6.10 Å². The van der Waals surface area contributed by atoms with Gasteiger partial charge in [0.25, 0.3) is 0 Å². The molecule has 0 aliphatic rings. The maximum absolute atomic E-state index is 12.8. The van der Waals surface area contributed by atoms with Crippen LogP contribution in [0.5, 0.6) is 0 Å². The molecule has 0 heterocycles. The highest BCUT2D eigenvalue weighted by Gasteiger charge is 2.19. The van der Waals surface area contributed by atoms with Crippen LogP contribution in [0.3, 0.4) is 0 Å². The van der Waals surface area contributed by atoms with Gasteiger partial charge in [-0.25, -0.2) is 0 Å². The van der Waals surface area contributed by atoms with Crippen LogP contribution in [0.25, 0.3) is 0 Å². The van der Waals surface area contributed by atoms with Gasteiger partial charge in [0.2, 0.25) is 0 Å². The van der Waals surface area contributed by atoms with Crippen molar-refractivity contribution in [3.8, 4) is 0 Å². The smallest absolute Gasteiger partial charge is 0.306 e. The number of hydrogen-bond acceptors (Lipinski definition) is 6. The van der Waals surface area contributed by atoms with Gasteiger partial charge in [0.1, 0.15) is 13.2 Å². The Morgan fingerprint density at radius 2 is 0.513 bits per heavy atom. The Bertz CT molecular complexity index is 1770. The Morgan fingerprint density at radius 1 is 0.276 bits per heavy atom. The molecule has 1 unspecified atom stereocenters. The second kappa shape index (κ2) is 62.3. The third kappa shape index (κ3) is 59.6. The third-order valence-corrected chi connectivity index (χ3v) is 11.9. The van der Waals surface area contributed by atoms with Crippen LogP contribution < -0.4 is 0 Å². The molecular weight excluding hydrogens is 937 g/mol. The minimum absolute atomic E-state index is 0.115. The Hall–Kier alpha value is -5.23. The van der Waals surface area contributed by atoms with Crippen LogP contribution in [-0.4, -0.2) is 37.2 Å². The summed E-state index contributed by atoms with van der Waals surface area (Å²) in [5.41, 5.74) is 0. The van der Waals surface area contributed by atoms with E-state index in [0.717, 1.165) is 148 Å². The second-order valence-corrected chi connectivity index (χ2v) is 19.1. The lowest BCUT2D eigenvalue weighted by atomic mass is 10.1. The highest BCUT2D eigenvalue weighted by Crippen LogP contribution is 2.12. The van der Waals surface area contributed by atoms with Crippen molar-refractivity contribution in [3.05, 3.63) is 170 Å². The summed E-state index contributed by atoms with van der Waals surface area (Å²) in [6, 6.07) is 0. The molecule has 1 atom stereocenters. The molecule has 0 bridgehead atoms. The molecule has 0 aliphatic carbocycles. The number of rotatable bonds is 52. The van der Waals surface area contributed by atoms with Gasteiger partial charge in [-0.15, -0.1) is 0 Å². The first-order valence-electron chi connectivity index (χ1n) is 30.1. The monoisotopic (exact) mass is 1040 g/mol. The number of carbonyl (C=O) groups excluding carboxylic acids is 3. The van der Waals surface area contributed by atoms with Gasteiger partial charge in [0, 0.05) is 19.3 Å². The van der Waals surface area contributed by atoms with Crippen LogP contribution in [0, 0.1) is 0 Å². The van der Waals surface area contributed by atoms with Crippen molar-refractivity contribution in [1.29, 1.82) is 0 Å². The molecule has 0 fully saturated rings. The molecule has 0 aromatic carbocycles. The van der Waals surface area contributed by atoms with E-state index in [1.807, 2.05) is 0 Å². The molecule has 0 rings (SSSR count). The summed E-state index contributed by atoms with van der Waals surface area (Å²) in [4.78, 5) is 38.1. The van der Waals surface area contributed by atoms with Crippen LogP contribution in [-0.2, 0) is 28.6 Å². The van der Waals surface area contributed by atoms with E-state index in [4.69, 9.17) is 14.2 Å². The fourth-order valence-electron chi connectivity index (χ4n) is 7.48. The molecule has 0 spiro atoms. The van der Waals surface area contributed by atoms with Crippen molar-refractivity contribution in [2.24, 2.45) is 0 Å². The molecule has 6 heteroatoms. The Labute approximate surface area is 466 Å². The predicted octanol–water partition coefficient (Wildman–Crippen LogP) is 20.7. The van der Waals surface area contributed by atoms with Crippen LogP contribution in [0.4, 0.5) is 0 Å². The van der Waals surface area contributed by atoms with Crippen LogP contribution in [0.15, 0.2) is 170 Å². The van der Waals surface area contributed by atoms with Gasteiger partial charge >= 0.3 is 17.9 Å². The maximum atomic E-state index is 12.8. The lowest BCUT2D eigenvalue weighted by Gasteiger charge is -2.18. The first kappa shape index (κ1) is 70.8. The summed E-state index contributed by atoms with van der Waals surface area (Å²) in [7, 11) is 0. The number of hydrogen-bond donors (Lipinski definition) is 0. The summed E-state index contributed by atoms with van der Waals surface area (Å²) in [6.45, 7) is 6.29. The number of carbonyl (C=O) groups is 3. The minimum atomic E-state index is -0.822. The van der Waals surface area contributed by atoms with Gasteiger partial charge in [-0.05, 0) is 154 Å². The number of esters is 3.